The van der Waals surface area contributed by atoms with Crippen molar-refractivity contribution < 1.29 is 24.3 Å². The SMILES string of the molecule is C=CC1=C(C(=O)O)N2C(=O)C(NC(=O)C(=NOCc3ccccn3)c3csc(N)n3)[C@@H]2SC1. The molecule has 4 rings (SSSR count). The van der Waals surface area contributed by atoms with Gasteiger partial charge in [0.25, 0.3) is 11.8 Å². The molecule has 0 aromatic carbocycles. The third-order valence-corrected chi connectivity index (χ3v) is 6.78. The molecule has 2 aromatic rings. The Morgan fingerprint density at radius 2 is 2.27 bits per heavy atom. The van der Waals surface area contributed by atoms with Crippen LogP contribution in [0.1, 0.15) is 11.4 Å². The highest BCUT2D eigenvalue weighted by molar-refractivity contribution is 8.00. The van der Waals surface area contributed by atoms with Gasteiger partial charge in [-0.1, -0.05) is 23.9 Å². The quantitative estimate of drug-likeness (QED) is 0.280. The van der Waals surface area contributed by atoms with E-state index < -0.39 is 29.2 Å². The Morgan fingerprint density at radius 1 is 1.45 bits per heavy atom. The monoisotopic (exact) mass is 486 g/mol. The zero-order valence-corrected chi connectivity index (χ0v) is 18.6. The standard InChI is InChI=1S/C20H18N6O5S2/c1-2-10-8-32-18-14(17(28)26(18)15(10)19(29)30)24-16(27)13(12-9-33-20(21)23-12)25-31-7-11-5-3-4-6-22-11/h2-6,9,14,18H,1,7-8H2,(H2,21,23)(H,24,27)(H,29,30)/t14?,18-/m0/s1. The molecule has 0 aliphatic carbocycles. The third-order valence-electron chi connectivity index (χ3n) is 4.81. The van der Waals surface area contributed by atoms with Crippen LogP contribution in [0.2, 0.25) is 0 Å². The number of hydrogen-bond acceptors (Lipinski definition) is 10. The molecule has 4 heterocycles. The first-order chi connectivity index (χ1) is 15.9. The number of nitrogen functional groups attached to an aromatic ring is 1. The minimum atomic E-state index is -1.23. The first-order valence-corrected chi connectivity index (χ1v) is 11.5. The van der Waals surface area contributed by atoms with Crippen molar-refractivity contribution in [2.45, 2.75) is 18.0 Å². The van der Waals surface area contributed by atoms with Crippen molar-refractivity contribution in [1.29, 1.82) is 0 Å². The molecule has 0 radical (unpaired) electrons. The number of anilines is 1. The van der Waals surface area contributed by atoms with E-state index in [9.17, 15) is 19.5 Å². The molecule has 0 saturated carbocycles. The summed E-state index contributed by atoms with van der Waals surface area (Å²) in [7, 11) is 0. The number of allylic oxidation sites excluding steroid dienone is 1. The molecule has 2 aliphatic heterocycles. The Bertz CT molecular complexity index is 1180. The van der Waals surface area contributed by atoms with E-state index in [1.165, 1.54) is 17.8 Å². The largest absolute Gasteiger partial charge is 0.477 e. The normalized spacial score (nSPS) is 20.1. The molecular weight excluding hydrogens is 468 g/mol. The summed E-state index contributed by atoms with van der Waals surface area (Å²) >= 11 is 2.45. The summed E-state index contributed by atoms with van der Waals surface area (Å²) in [6, 6.07) is 4.36. The number of oxime groups is 1. The van der Waals surface area contributed by atoms with Crippen LogP contribution < -0.4 is 11.1 Å². The number of thioether (sulfide) groups is 1. The van der Waals surface area contributed by atoms with Crippen molar-refractivity contribution >= 4 is 51.7 Å². The Morgan fingerprint density at radius 3 is 2.91 bits per heavy atom. The molecule has 2 aromatic heterocycles. The molecule has 4 N–H and O–H groups in total. The number of pyridine rings is 1. The Balaban J connectivity index is 1.51. The second kappa shape index (κ2) is 9.42. The molecule has 1 fully saturated rings. The van der Waals surface area contributed by atoms with Crippen molar-refractivity contribution in [3.63, 3.8) is 0 Å². The van der Waals surface area contributed by atoms with Crippen LogP contribution in [0.5, 0.6) is 0 Å². The number of hydrogen-bond donors (Lipinski definition) is 3. The number of fused-ring (bicyclic) bond motifs is 1. The summed E-state index contributed by atoms with van der Waals surface area (Å²) in [6.07, 6.45) is 3.02. The molecule has 2 amide bonds. The van der Waals surface area contributed by atoms with Crippen LogP contribution in [0.3, 0.4) is 0 Å². The highest BCUT2D eigenvalue weighted by Gasteiger charge is 2.54. The fourth-order valence-electron chi connectivity index (χ4n) is 3.26. The summed E-state index contributed by atoms with van der Waals surface area (Å²) in [4.78, 5) is 52.1. The van der Waals surface area contributed by atoms with E-state index in [4.69, 9.17) is 10.6 Å². The number of nitrogens with one attached hydrogen (secondary N) is 1. The average molecular weight is 487 g/mol. The van der Waals surface area contributed by atoms with Gasteiger partial charge in [-0.05, 0) is 17.7 Å². The number of carboxylic acids is 1. The minimum Gasteiger partial charge on any atom is -0.477 e. The summed E-state index contributed by atoms with van der Waals surface area (Å²) in [5.74, 6) is -2.11. The van der Waals surface area contributed by atoms with E-state index in [1.54, 1.807) is 29.8 Å². The number of aromatic nitrogens is 2. The lowest BCUT2D eigenvalue weighted by Crippen LogP contribution is -2.71. The predicted octanol–water partition coefficient (Wildman–Crippen LogP) is 0.966. The van der Waals surface area contributed by atoms with Gasteiger partial charge in [-0.3, -0.25) is 19.5 Å². The van der Waals surface area contributed by atoms with Gasteiger partial charge >= 0.3 is 5.97 Å². The molecule has 1 saturated heterocycles. The number of β-lactam (4-membered cyclic amide) rings is 1. The van der Waals surface area contributed by atoms with Gasteiger partial charge in [-0.25, -0.2) is 9.78 Å². The van der Waals surface area contributed by atoms with Gasteiger partial charge in [0, 0.05) is 17.3 Å². The van der Waals surface area contributed by atoms with Crippen LogP contribution in [0.4, 0.5) is 5.13 Å². The van der Waals surface area contributed by atoms with E-state index >= 15 is 0 Å². The van der Waals surface area contributed by atoms with Gasteiger partial charge in [-0.2, -0.15) is 0 Å². The predicted molar refractivity (Wildman–Crippen MR) is 122 cm³/mol. The third kappa shape index (κ3) is 4.45. The minimum absolute atomic E-state index is 0.0168. The number of carboxylic acid groups (broad SMARTS) is 1. The second-order valence-corrected chi connectivity index (χ2v) is 8.84. The van der Waals surface area contributed by atoms with Crippen LogP contribution in [0.15, 0.2) is 58.9 Å². The Kier molecular flexibility index (Phi) is 6.42. The van der Waals surface area contributed by atoms with E-state index in [0.29, 0.717) is 17.0 Å². The molecule has 2 aliphatic rings. The number of aliphatic carboxylic acids is 1. The first-order valence-electron chi connectivity index (χ1n) is 9.56. The maximum absolute atomic E-state index is 13.0. The lowest BCUT2D eigenvalue weighted by atomic mass is 10.0. The van der Waals surface area contributed by atoms with E-state index in [-0.39, 0.29) is 28.8 Å². The maximum atomic E-state index is 13.0. The average Bonchev–Trinajstić information content (AvgIpc) is 3.25. The van der Waals surface area contributed by atoms with Crippen LogP contribution in [-0.2, 0) is 25.8 Å². The summed E-state index contributed by atoms with van der Waals surface area (Å²) in [6.45, 7) is 3.63. The van der Waals surface area contributed by atoms with Gasteiger partial charge in [0.2, 0.25) is 0 Å². The second-order valence-electron chi connectivity index (χ2n) is 6.85. The smallest absolute Gasteiger partial charge is 0.352 e. The number of amides is 2. The maximum Gasteiger partial charge on any atom is 0.352 e. The zero-order valence-electron chi connectivity index (χ0n) is 17.0. The topological polar surface area (TPSA) is 160 Å². The number of carbonyl (C=O) groups excluding carboxylic acids is 2. The van der Waals surface area contributed by atoms with Crippen LogP contribution in [0.25, 0.3) is 0 Å². The van der Waals surface area contributed by atoms with Gasteiger partial charge in [0.15, 0.2) is 17.5 Å². The summed E-state index contributed by atoms with van der Waals surface area (Å²) in [5, 5.41) is 17.3. The van der Waals surface area contributed by atoms with E-state index in [0.717, 1.165) is 16.2 Å². The van der Waals surface area contributed by atoms with Crippen molar-refractivity contribution in [2.75, 3.05) is 11.5 Å². The van der Waals surface area contributed by atoms with E-state index in [1.807, 2.05) is 0 Å². The highest BCUT2D eigenvalue weighted by atomic mass is 32.2. The lowest BCUT2D eigenvalue weighted by molar-refractivity contribution is -0.150. The fraction of sp³-hybridized carbons (Fsp3) is 0.200. The molecule has 1 unspecified atom stereocenters. The van der Waals surface area contributed by atoms with Crippen molar-refractivity contribution in [1.82, 2.24) is 20.2 Å². The molecule has 170 valence electrons. The number of nitrogens with zero attached hydrogens (tertiary/aromatic N) is 4. The van der Waals surface area contributed by atoms with E-state index in [2.05, 4.69) is 27.0 Å². The summed E-state index contributed by atoms with van der Waals surface area (Å²) < 4.78 is 0. The van der Waals surface area contributed by atoms with Gasteiger partial charge in [0.1, 0.15) is 22.8 Å². The van der Waals surface area contributed by atoms with Crippen LogP contribution >= 0.6 is 23.1 Å². The lowest BCUT2D eigenvalue weighted by Gasteiger charge is -2.49. The van der Waals surface area contributed by atoms with Crippen molar-refractivity contribution in [3.05, 3.63) is 65.1 Å². The first kappa shape index (κ1) is 22.5. The van der Waals surface area contributed by atoms with Gasteiger partial charge in [-0.15, -0.1) is 23.1 Å². The number of nitrogens with two attached hydrogens (primary N) is 1. The molecule has 13 heteroatoms. The van der Waals surface area contributed by atoms with Gasteiger partial charge < -0.3 is 21.0 Å². The number of carbonyl (C=O) groups is 3. The highest BCUT2D eigenvalue weighted by Crippen LogP contribution is 2.40. The Labute approximate surface area is 196 Å². The molecule has 33 heavy (non-hydrogen) atoms. The van der Waals surface area contributed by atoms with Crippen molar-refractivity contribution in [3.8, 4) is 0 Å². The molecule has 11 nitrogen and oxygen atoms in total. The molecular formula is C20H18N6O5S2. The van der Waals surface area contributed by atoms with Crippen LogP contribution in [0, 0.1) is 0 Å². The Hall–Kier alpha value is -3.71. The molecule has 2 atom stereocenters. The number of rotatable bonds is 8. The van der Waals surface area contributed by atoms with Crippen LogP contribution in [-0.4, -0.2) is 60.6 Å². The van der Waals surface area contributed by atoms with Gasteiger partial charge in [0.05, 0.1) is 5.69 Å². The molecule has 0 bridgehead atoms. The van der Waals surface area contributed by atoms with Crippen molar-refractivity contribution in [2.24, 2.45) is 5.16 Å². The summed E-state index contributed by atoms with van der Waals surface area (Å²) in [5.41, 5.74) is 6.65. The number of thiazole rings is 1. The fourth-order valence-corrected chi connectivity index (χ4v) is 5.14. The zero-order chi connectivity index (χ0) is 23.5. The molecule has 0 spiro atoms.